The molecule has 2 aliphatic rings. The summed E-state index contributed by atoms with van der Waals surface area (Å²) in [4.78, 5) is 6.27. The predicted molar refractivity (Wildman–Crippen MR) is 85.6 cm³/mol. The molecule has 1 N–H and O–H groups in total. The first-order valence-electron chi connectivity index (χ1n) is 7.76. The number of hydrogen-bond donors (Lipinski definition) is 1. The number of hydrogen-bond acceptors (Lipinski definition) is 4. The van der Waals surface area contributed by atoms with Gasteiger partial charge in [-0.1, -0.05) is 30.3 Å². The lowest BCUT2D eigenvalue weighted by molar-refractivity contribution is 0.194. The predicted octanol–water partition coefficient (Wildman–Crippen LogP) is 3.57. The van der Waals surface area contributed by atoms with Crippen LogP contribution in [0.25, 0.3) is 10.4 Å². The molecule has 1 aromatic heterocycles. The summed E-state index contributed by atoms with van der Waals surface area (Å²) >= 11 is 1.85. The van der Waals surface area contributed by atoms with Crippen LogP contribution in [0, 0.1) is 0 Å². The van der Waals surface area contributed by atoms with Gasteiger partial charge in [-0.25, -0.2) is 4.98 Å². The minimum Gasteiger partial charge on any atom is -0.381 e. The minimum atomic E-state index is 0.493. The van der Waals surface area contributed by atoms with Crippen molar-refractivity contribution < 1.29 is 4.74 Å². The minimum absolute atomic E-state index is 0.493. The van der Waals surface area contributed by atoms with Crippen molar-refractivity contribution in [1.29, 1.82) is 0 Å². The molecule has 0 radical (unpaired) electrons. The molecule has 3 nitrogen and oxygen atoms in total. The largest absolute Gasteiger partial charge is 0.381 e. The Morgan fingerprint density at radius 1 is 1.19 bits per heavy atom. The summed E-state index contributed by atoms with van der Waals surface area (Å²) in [7, 11) is 0. The maximum absolute atomic E-state index is 5.53. The van der Waals surface area contributed by atoms with Crippen LogP contribution in [0.2, 0.25) is 0 Å². The summed E-state index contributed by atoms with van der Waals surface area (Å²) in [6.07, 6.45) is 3.74. The number of nitrogens with zero attached hydrogens (tertiary/aromatic N) is 1. The highest BCUT2D eigenvalue weighted by atomic mass is 32.1. The van der Waals surface area contributed by atoms with Gasteiger partial charge in [0.25, 0.3) is 0 Å². The molecule has 1 aliphatic heterocycles. The molecule has 21 heavy (non-hydrogen) atoms. The molecule has 2 aromatic rings. The molecule has 110 valence electrons. The topological polar surface area (TPSA) is 34.1 Å². The molecular weight excluding hydrogens is 280 g/mol. The van der Waals surface area contributed by atoms with Crippen molar-refractivity contribution in [2.24, 2.45) is 0 Å². The summed E-state index contributed by atoms with van der Waals surface area (Å²) in [5.41, 5.74) is 2.49. The summed E-state index contributed by atoms with van der Waals surface area (Å²) in [6, 6.07) is 11.4. The second kappa shape index (κ2) is 5.87. The third kappa shape index (κ3) is 3.03. The van der Waals surface area contributed by atoms with Gasteiger partial charge in [-0.2, -0.15) is 0 Å². The van der Waals surface area contributed by atoms with E-state index in [-0.39, 0.29) is 0 Å². The maximum atomic E-state index is 5.53. The van der Waals surface area contributed by atoms with Crippen LogP contribution in [0.5, 0.6) is 0 Å². The van der Waals surface area contributed by atoms with Crippen molar-refractivity contribution in [2.75, 3.05) is 13.2 Å². The first kappa shape index (κ1) is 13.4. The average molecular weight is 300 g/mol. The van der Waals surface area contributed by atoms with Crippen LogP contribution >= 0.6 is 11.3 Å². The van der Waals surface area contributed by atoms with Crippen molar-refractivity contribution >= 4 is 11.3 Å². The molecule has 2 heterocycles. The van der Waals surface area contributed by atoms with Crippen molar-refractivity contribution in [2.45, 2.75) is 37.8 Å². The smallest absolute Gasteiger partial charge is 0.0990 e. The van der Waals surface area contributed by atoms with Gasteiger partial charge in [0.15, 0.2) is 0 Å². The maximum Gasteiger partial charge on any atom is 0.0990 e. The van der Waals surface area contributed by atoms with Crippen LogP contribution in [0.1, 0.15) is 35.9 Å². The third-order valence-electron chi connectivity index (χ3n) is 4.16. The number of thiazole rings is 1. The van der Waals surface area contributed by atoms with Crippen LogP contribution < -0.4 is 5.32 Å². The standard InChI is InChI=1S/C17H20N2OS/c1-2-4-12(5-3-1)16-15(10-18-14-6-7-14)19-17(21-16)13-8-9-20-11-13/h1-5,13-14,18H,6-11H2. The molecule has 1 saturated heterocycles. The fourth-order valence-corrected chi connectivity index (χ4v) is 3.94. The Kier molecular flexibility index (Phi) is 3.76. The van der Waals surface area contributed by atoms with Crippen molar-refractivity contribution in [1.82, 2.24) is 10.3 Å². The number of nitrogens with one attached hydrogen (secondary N) is 1. The van der Waals surface area contributed by atoms with E-state index in [0.29, 0.717) is 12.0 Å². The summed E-state index contributed by atoms with van der Waals surface area (Å²) in [5, 5.41) is 4.85. The zero-order valence-corrected chi connectivity index (χ0v) is 12.9. The molecule has 0 amide bonds. The summed E-state index contributed by atoms with van der Waals surface area (Å²) in [5.74, 6) is 0.493. The van der Waals surface area contributed by atoms with Gasteiger partial charge >= 0.3 is 0 Å². The van der Waals surface area contributed by atoms with Gasteiger partial charge in [-0.15, -0.1) is 11.3 Å². The number of benzene rings is 1. The molecule has 4 heteroatoms. The lowest BCUT2D eigenvalue weighted by Gasteiger charge is -2.03. The fraction of sp³-hybridized carbons (Fsp3) is 0.471. The van der Waals surface area contributed by atoms with E-state index in [1.807, 2.05) is 11.3 Å². The monoisotopic (exact) mass is 300 g/mol. The van der Waals surface area contributed by atoms with Gasteiger partial charge < -0.3 is 10.1 Å². The Bertz CT molecular complexity index is 601. The first-order valence-corrected chi connectivity index (χ1v) is 8.58. The Hall–Kier alpha value is -1.23. The molecule has 1 unspecified atom stereocenters. The summed E-state index contributed by atoms with van der Waals surface area (Å²) < 4.78 is 5.53. The van der Waals surface area contributed by atoms with Crippen LogP contribution in [0.15, 0.2) is 30.3 Å². The normalized spacial score (nSPS) is 21.8. The van der Waals surface area contributed by atoms with E-state index in [1.54, 1.807) is 0 Å². The molecule has 0 spiro atoms. The quantitative estimate of drug-likeness (QED) is 0.916. The second-order valence-electron chi connectivity index (χ2n) is 5.91. The number of aromatic nitrogens is 1. The molecular formula is C17H20N2OS. The molecule has 0 bridgehead atoms. The van der Waals surface area contributed by atoms with Gasteiger partial charge in [0.2, 0.25) is 0 Å². The highest BCUT2D eigenvalue weighted by Gasteiger charge is 2.25. The first-order chi connectivity index (χ1) is 10.4. The van der Waals surface area contributed by atoms with E-state index in [9.17, 15) is 0 Å². The summed E-state index contributed by atoms with van der Waals surface area (Å²) in [6.45, 7) is 2.59. The SMILES string of the molecule is c1ccc(-c2sc(C3CCOC3)nc2CNC2CC2)cc1. The van der Waals surface area contributed by atoms with E-state index in [4.69, 9.17) is 9.72 Å². The van der Waals surface area contributed by atoms with Crippen molar-refractivity contribution in [3.8, 4) is 10.4 Å². The molecule has 1 aromatic carbocycles. The second-order valence-corrected chi connectivity index (χ2v) is 6.94. The van der Waals surface area contributed by atoms with Gasteiger partial charge in [-0.3, -0.25) is 0 Å². The number of rotatable bonds is 5. The fourth-order valence-electron chi connectivity index (χ4n) is 2.74. The zero-order valence-electron chi connectivity index (χ0n) is 12.0. The Balaban J connectivity index is 1.64. The van der Waals surface area contributed by atoms with Gasteiger partial charge in [0.1, 0.15) is 0 Å². The molecule has 2 fully saturated rings. The van der Waals surface area contributed by atoms with Crippen LogP contribution in [0.3, 0.4) is 0 Å². The van der Waals surface area contributed by atoms with Crippen molar-refractivity contribution in [3.63, 3.8) is 0 Å². The van der Waals surface area contributed by atoms with Gasteiger partial charge in [0.05, 0.1) is 22.2 Å². The van der Waals surface area contributed by atoms with E-state index in [1.165, 1.54) is 34.0 Å². The van der Waals surface area contributed by atoms with Gasteiger partial charge in [0, 0.05) is 25.1 Å². The molecule has 1 saturated carbocycles. The number of ether oxygens (including phenoxy) is 1. The van der Waals surface area contributed by atoms with Gasteiger partial charge in [-0.05, 0) is 24.8 Å². The molecule has 4 rings (SSSR count). The average Bonchev–Trinajstić information content (AvgIpc) is 3.03. The van der Waals surface area contributed by atoms with Crippen LogP contribution in [-0.2, 0) is 11.3 Å². The third-order valence-corrected chi connectivity index (χ3v) is 5.47. The van der Waals surface area contributed by atoms with E-state index in [0.717, 1.165) is 26.2 Å². The molecule has 1 atom stereocenters. The van der Waals surface area contributed by atoms with Crippen LogP contribution in [0.4, 0.5) is 0 Å². The van der Waals surface area contributed by atoms with Crippen LogP contribution in [-0.4, -0.2) is 24.2 Å². The van der Waals surface area contributed by atoms with E-state index >= 15 is 0 Å². The van der Waals surface area contributed by atoms with Crippen molar-refractivity contribution in [3.05, 3.63) is 41.0 Å². The van der Waals surface area contributed by atoms with E-state index < -0.39 is 0 Å². The zero-order chi connectivity index (χ0) is 14.1. The molecule has 1 aliphatic carbocycles. The highest BCUT2D eigenvalue weighted by Crippen LogP contribution is 2.36. The van der Waals surface area contributed by atoms with E-state index in [2.05, 4.69) is 35.6 Å². The highest BCUT2D eigenvalue weighted by molar-refractivity contribution is 7.15. The lowest BCUT2D eigenvalue weighted by atomic mass is 10.1. The Morgan fingerprint density at radius 2 is 2.05 bits per heavy atom. The lowest BCUT2D eigenvalue weighted by Crippen LogP contribution is -2.16. The Labute approximate surface area is 129 Å². The Morgan fingerprint density at radius 3 is 2.76 bits per heavy atom.